The van der Waals surface area contributed by atoms with Gasteiger partial charge in [0.2, 0.25) is 0 Å². The molecule has 3 N–H and O–H groups in total. The van der Waals surface area contributed by atoms with Crippen LogP contribution in [0.2, 0.25) is 5.02 Å². The van der Waals surface area contributed by atoms with Crippen LogP contribution < -0.4 is 5.32 Å². The molecule has 26 heavy (non-hydrogen) atoms. The number of methoxy groups -OCH3 is 1. The molecule has 8 nitrogen and oxygen atoms in total. The van der Waals surface area contributed by atoms with Crippen LogP contribution in [0.3, 0.4) is 0 Å². The van der Waals surface area contributed by atoms with Crippen molar-refractivity contribution in [2.24, 2.45) is 0 Å². The number of hydrogen-bond acceptors (Lipinski definition) is 7. The summed E-state index contributed by atoms with van der Waals surface area (Å²) < 4.78 is 4.72. The zero-order valence-corrected chi connectivity index (χ0v) is 14.6. The number of aromatic hydroxyl groups is 1. The maximum Gasteiger partial charge on any atom is 0.337 e. The summed E-state index contributed by atoms with van der Waals surface area (Å²) in [5, 5.41) is 23.2. The number of anilines is 1. The fourth-order valence-corrected chi connectivity index (χ4v) is 3.03. The average Bonchev–Trinajstić information content (AvgIpc) is 2.95. The van der Waals surface area contributed by atoms with E-state index in [0.717, 1.165) is 0 Å². The quantitative estimate of drug-likeness (QED) is 0.531. The van der Waals surface area contributed by atoms with Gasteiger partial charge in [-0.3, -0.25) is 9.78 Å². The number of hydrogen-bond donors (Lipinski definition) is 3. The SMILES string of the molecule is COC(=O)C1=C(Nc2cc(Cl)c3cccnc3c2O)C(=O)N(CCO)C1. The summed E-state index contributed by atoms with van der Waals surface area (Å²) in [5.74, 6) is -1.36. The van der Waals surface area contributed by atoms with E-state index in [1.165, 1.54) is 24.3 Å². The highest BCUT2D eigenvalue weighted by Crippen LogP contribution is 2.37. The van der Waals surface area contributed by atoms with Gasteiger partial charge >= 0.3 is 5.97 Å². The Balaban J connectivity index is 2.05. The number of fused-ring (bicyclic) bond motifs is 1. The number of carbonyl (C=O) groups excluding carboxylic acids is 2. The smallest absolute Gasteiger partial charge is 0.337 e. The maximum absolute atomic E-state index is 12.5. The Bertz CT molecular complexity index is 928. The molecule has 9 heteroatoms. The summed E-state index contributed by atoms with van der Waals surface area (Å²) in [6.07, 6.45) is 1.50. The van der Waals surface area contributed by atoms with Gasteiger partial charge in [-0.2, -0.15) is 0 Å². The first-order valence-electron chi connectivity index (χ1n) is 7.72. The molecular weight excluding hydrogens is 362 g/mol. The molecule has 1 aliphatic heterocycles. The minimum absolute atomic E-state index is 0.00523. The third kappa shape index (κ3) is 3.04. The second kappa shape index (κ2) is 7.19. The number of amides is 1. The van der Waals surface area contributed by atoms with Crippen molar-refractivity contribution in [1.82, 2.24) is 9.88 Å². The molecule has 2 aromatic rings. The van der Waals surface area contributed by atoms with E-state index in [9.17, 15) is 14.7 Å². The number of ether oxygens (including phenoxy) is 1. The number of aromatic nitrogens is 1. The van der Waals surface area contributed by atoms with Crippen molar-refractivity contribution in [1.29, 1.82) is 0 Å². The van der Waals surface area contributed by atoms with Gasteiger partial charge in [0.1, 0.15) is 11.2 Å². The first-order chi connectivity index (χ1) is 12.5. The van der Waals surface area contributed by atoms with Crippen LogP contribution >= 0.6 is 11.6 Å². The number of pyridine rings is 1. The molecule has 0 fully saturated rings. The summed E-state index contributed by atoms with van der Waals surface area (Å²) >= 11 is 6.23. The molecule has 0 saturated carbocycles. The normalized spacial score (nSPS) is 14.3. The molecule has 1 amide bonds. The highest BCUT2D eigenvalue weighted by molar-refractivity contribution is 6.36. The highest BCUT2D eigenvalue weighted by atomic mass is 35.5. The van der Waals surface area contributed by atoms with Gasteiger partial charge in [0.05, 0.1) is 36.5 Å². The zero-order chi connectivity index (χ0) is 18.8. The monoisotopic (exact) mass is 377 g/mol. The highest BCUT2D eigenvalue weighted by Gasteiger charge is 2.35. The Morgan fingerprint density at radius 1 is 1.50 bits per heavy atom. The Morgan fingerprint density at radius 2 is 2.27 bits per heavy atom. The molecule has 1 aromatic heterocycles. The van der Waals surface area contributed by atoms with E-state index in [4.69, 9.17) is 21.4 Å². The molecule has 0 unspecified atom stereocenters. The number of nitrogens with one attached hydrogen (secondary N) is 1. The Kier molecular flexibility index (Phi) is 4.97. The van der Waals surface area contributed by atoms with Crippen molar-refractivity contribution in [3.63, 3.8) is 0 Å². The molecule has 1 aromatic carbocycles. The number of esters is 1. The molecule has 136 valence electrons. The van der Waals surface area contributed by atoms with E-state index in [2.05, 4.69) is 10.3 Å². The van der Waals surface area contributed by atoms with Crippen molar-refractivity contribution in [2.75, 3.05) is 32.1 Å². The third-order valence-corrected chi connectivity index (χ3v) is 4.34. The van der Waals surface area contributed by atoms with Gasteiger partial charge in [0, 0.05) is 18.1 Å². The van der Waals surface area contributed by atoms with Crippen LogP contribution in [0.1, 0.15) is 0 Å². The molecular formula is C17H16ClN3O5. The number of benzene rings is 1. The first kappa shape index (κ1) is 18.0. The summed E-state index contributed by atoms with van der Waals surface area (Å²) in [6, 6.07) is 4.84. The number of aliphatic hydroxyl groups is 1. The lowest BCUT2D eigenvalue weighted by Crippen LogP contribution is -2.31. The van der Waals surface area contributed by atoms with E-state index in [0.29, 0.717) is 10.4 Å². The van der Waals surface area contributed by atoms with Crippen LogP contribution in [-0.4, -0.2) is 58.8 Å². The molecule has 0 radical (unpaired) electrons. The van der Waals surface area contributed by atoms with E-state index in [1.807, 2.05) is 0 Å². The minimum atomic E-state index is -0.675. The predicted octanol–water partition coefficient (Wildman–Crippen LogP) is 1.27. The summed E-state index contributed by atoms with van der Waals surface area (Å²) in [7, 11) is 1.21. The molecule has 1 aliphatic rings. The molecule has 0 spiro atoms. The van der Waals surface area contributed by atoms with E-state index < -0.39 is 11.9 Å². The number of β-amino-alcohol motifs (C(OH)–C–C–N with tert-alkyl or cyclic N) is 1. The third-order valence-electron chi connectivity index (χ3n) is 4.03. The minimum Gasteiger partial charge on any atom is -0.504 e. The molecule has 0 aliphatic carbocycles. The van der Waals surface area contributed by atoms with Gasteiger partial charge < -0.3 is 25.2 Å². The molecule has 2 heterocycles. The number of halogens is 1. The Hall–Kier alpha value is -2.84. The van der Waals surface area contributed by atoms with Gasteiger partial charge in [0.15, 0.2) is 5.75 Å². The number of nitrogens with zero attached hydrogens (tertiary/aromatic N) is 2. The average molecular weight is 378 g/mol. The maximum atomic E-state index is 12.5. The van der Waals surface area contributed by atoms with E-state index >= 15 is 0 Å². The number of carbonyl (C=O) groups is 2. The second-order valence-corrected chi connectivity index (χ2v) is 5.98. The number of phenols is 1. The summed E-state index contributed by atoms with van der Waals surface area (Å²) in [4.78, 5) is 30.0. The molecule has 0 atom stereocenters. The lowest BCUT2D eigenvalue weighted by Gasteiger charge is -2.15. The van der Waals surface area contributed by atoms with Crippen molar-refractivity contribution < 1.29 is 24.5 Å². The van der Waals surface area contributed by atoms with Gasteiger partial charge in [-0.1, -0.05) is 11.6 Å². The topological polar surface area (TPSA) is 112 Å². The van der Waals surface area contributed by atoms with Crippen LogP contribution in [0.4, 0.5) is 5.69 Å². The van der Waals surface area contributed by atoms with Crippen molar-refractivity contribution >= 4 is 40.1 Å². The predicted molar refractivity (Wildman–Crippen MR) is 94.7 cm³/mol. The standard InChI is InChI=1S/C17H16ClN3O5/c1-26-17(25)10-8-21(5-6-22)16(24)14(10)20-12-7-11(18)9-3-2-4-19-13(9)15(12)23/h2-4,7,20,22-23H,5-6,8H2,1H3. The Morgan fingerprint density at radius 3 is 2.96 bits per heavy atom. The Labute approximate surface area is 153 Å². The lowest BCUT2D eigenvalue weighted by molar-refractivity contribution is -0.136. The fourth-order valence-electron chi connectivity index (χ4n) is 2.77. The number of rotatable bonds is 5. The van der Waals surface area contributed by atoms with Crippen LogP contribution in [0.25, 0.3) is 10.9 Å². The van der Waals surface area contributed by atoms with E-state index in [1.54, 1.807) is 12.1 Å². The van der Waals surface area contributed by atoms with Gasteiger partial charge in [0.25, 0.3) is 5.91 Å². The second-order valence-electron chi connectivity index (χ2n) is 5.57. The fraction of sp³-hybridized carbons (Fsp3) is 0.235. The van der Waals surface area contributed by atoms with Gasteiger partial charge in [-0.05, 0) is 18.2 Å². The first-order valence-corrected chi connectivity index (χ1v) is 8.10. The van der Waals surface area contributed by atoms with Crippen LogP contribution in [0, 0.1) is 0 Å². The van der Waals surface area contributed by atoms with E-state index in [-0.39, 0.29) is 47.9 Å². The molecule has 0 saturated heterocycles. The number of aliphatic hydroxyl groups excluding tert-OH is 1. The van der Waals surface area contributed by atoms with Crippen LogP contribution in [-0.2, 0) is 14.3 Å². The van der Waals surface area contributed by atoms with Gasteiger partial charge in [-0.25, -0.2) is 4.79 Å². The lowest BCUT2D eigenvalue weighted by atomic mass is 10.1. The van der Waals surface area contributed by atoms with Crippen LogP contribution in [0.5, 0.6) is 5.75 Å². The zero-order valence-electron chi connectivity index (χ0n) is 13.8. The van der Waals surface area contributed by atoms with Crippen molar-refractivity contribution in [3.8, 4) is 5.75 Å². The molecule has 3 rings (SSSR count). The van der Waals surface area contributed by atoms with Gasteiger partial charge in [-0.15, -0.1) is 0 Å². The van der Waals surface area contributed by atoms with Crippen LogP contribution in [0.15, 0.2) is 35.7 Å². The number of phenolic OH excluding ortho intramolecular Hbond substituents is 1. The van der Waals surface area contributed by atoms with Crippen molar-refractivity contribution in [2.45, 2.75) is 0 Å². The summed E-state index contributed by atoms with van der Waals surface area (Å²) in [5.41, 5.74) is 0.465. The largest absolute Gasteiger partial charge is 0.504 e. The van der Waals surface area contributed by atoms with Crippen molar-refractivity contribution in [3.05, 3.63) is 40.7 Å². The molecule has 0 bridgehead atoms. The summed E-state index contributed by atoms with van der Waals surface area (Å²) in [6.45, 7) is -0.185.